The van der Waals surface area contributed by atoms with Gasteiger partial charge in [0.15, 0.2) is 11.6 Å². The molecule has 4 bridgehead atoms. The summed E-state index contributed by atoms with van der Waals surface area (Å²) in [6.07, 6.45) is 2.26. The second kappa shape index (κ2) is 7.79. The Morgan fingerprint density at radius 3 is 1.56 bits per heavy atom. The SMILES string of the molecule is CC12CC3(C)OC(C)(CC(C)(O1)C3(CP)c1ccc(C(C)(C)C)cc1C(P)(C(C)(C)C)C(C)(C)C)O2. The molecule has 4 aliphatic rings. The third kappa shape index (κ3) is 3.69. The predicted molar refractivity (Wildman–Crippen MR) is 158 cm³/mol. The van der Waals surface area contributed by atoms with Gasteiger partial charge in [0.25, 0.3) is 0 Å². The Balaban J connectivity index is 2.13. The molecule has 3 nitrogen and oxygen atoms in total. The summed E-state index contributed by atoms with van der Waals surface area (Å²) in [5, 5.41) is -0.199. The van der Waals surface area contributed by atoms with Crippen LogP contribution < -0.4 is 0 Å². The van der Waals surface area contributed by atoms with Crippen molar-refractivity contribution in [1.29, 1.82) is 0 Å². The highest BCUT2D eigenvalue weighted by molar-refractivity contribution is 7.18. The van der Waals surface area contributed by atoms with E-state index in [0.29, 0.717) is 12.8 Å². The summed E-state index contributed by atoms with van der Waals surface area (Å²) in [6.45, 7) is 30.1. The van der Waals surface area contributed by atoms with Crippen molar-refractivity contribution < 1.29 is 14.2 Å². The maximum Gasteiger partial charge on any atom is 0.172 e. The van der Waals surface area contributed by atoms with Crippen LogP contribution >= 0.6 is 18.5 Å². The van der Waals surface area contributed by atoms with Crippen LogP contribution in [0.4, 0.5) is 0 Å². The minimum absolute atomic E-state index is 0.0141. The van der Waals surface area contributed by atoms with Gasteiger partial charge in [-0.1, -0.05) is 80.5 Å². The van der Waals surface area contributed by atoms with Gasteiger partial charge in [0.05, 0.1) is 16.6 Å². The van der Waals surface area contributed by atoms with Crippen LogP contribution in [0.25, 0.3) is 0 Å². The van der Waals surface area contributed by atoms with Gasteiger partial charge in [-0.15, -0.1) is 18.5 Å². The van der Waals surface area contributed by atoms with Gasteiger partial charge in [0.1, 0.15) is 0 Å². The standard InChI is InChI=1S/C31H52O3P2/c1-23(2,3)20-14-15-21(22(16-20)31(36,24(4,5)6)25(7,8)9)30(19-35)26(10)17-28(12)33-27(30,11)18-29(13,32-26)34-28/h14-16H,17-19,35-36H2,1-13H3. The quantitative estimate of drug-likeness (QED) is 0.367. The van der Waals surface area contributed by atoms with E-state index >= 15 is 0 Å². The summed E-state index contributed by atoms with van der Waals surface area (Å²) in [7, 11) is 6.46. The molecule has 4 saturated heterocycles. The molecule has 0 radical (unpaired) electrons. The van der Waals surface area contributed by atoms with Crippen LogP contribution in [-0.4, -0.2) is 28.9 Å². The fourth-order valence-corrected chi connectivity index (χ4v) is 10.0. The van der Waals surface area contributed by atoms with Gasteiger partial charge in [-0.25, -0.2) is 0 Å². The first-order valence-corrected chi connectivity index (χ1v) is 15.1. The highest BCUT2D eigenvalue weighted by atomic mass is 31.0. The smallest absolute Gasteiger partial charge is 0.172 e. The molecule has 204 valence electrons. The largest absolute Gasteiger partial charge is 0.343 e. The van der Waals surface area contributed by atoms with E-state index < -0.39 is 22.8 Å². The molecule has 0 aromatic heterocycles. The fraction of sp³-hybridized carbons (Fsp3) is 0.806. The average molecular weight is 535 g/mol. The van der Waals surface area contributed by atoms with Gasteiger partial charge < -0.3 is 14.2 Å². The van der Waals surface area contributed by atoms with E-state index in [1.165, 1.54) is 16.7 Å². The van der Waals surface area contributed by atoms with Crippen molar-refractivity contribution in [3.8, 4) is 0 Å². The minimum Gasteiger partial charge on any atom is -0.343 e. The number of ether oxygens (including phenoxy) is 3. The first kappa shape index (κ1) is 29.0. The van der Waals surface area contributed by atoms with Crippen LogP contribution in [0.3, 0.4) is 0 Å². The van der Waals surface area contributed by atoms with Crippen molar-refractivity contribution in [3.63, 3.8) is 0 Å². The van der Waals surface area contributed by atoms with Crippen LogP contribution in [0.1, 0.15) is 120 Å². The molecule has 4 fully saturated rings. The lowest BCUT2D eigenvalue weighted by molar-refractivity contribution is -0.531. The molecule has 0 N–H and O–H groups in total. The molecule has 4 aliphatic heterocycles. The average Bonchev–Trinajstić information content (AvgIpc) is 2.61. The lowest BCUT2D eigenvalue weighted by atomic mass is 9.49. The lowest BCUT2D eigenvalue weighted by Gasteiger charge is -2.75. The Bertz CT molecular complexity index is 997. The molecular weight excluding hydrogens is 482 g/mol. The lowest BCUT2D eigenvalue weighted by Crippen LogP contribution is -2.84. The molecule has 0 aliphatic carbocycles. The van der Waals surface area contributed by atoms with Crippen LogP contribution in [0, 0.1) is 10.8 Å². The molecule has 1 aromatic carbocycles. The van der Waals surface area contributed by atoms with Gasteiger partial charge in [-0.3, -0.25) is 0 Å². The summed E-state index contributed by atoms with van der Waals surface area (Å²) in [5.41, 5.74) is 2.90. The van der Waals surface area contributed by atoms with E-state index in [0.717, 1.165) is 6.16 Å². The van der Waals surface area contributed by atoms with Gasteiger partial charge in [-0.2, -0.15) is 0 Å². The normalized spacial score (nSPS) is 39.1. The van der Waals surface area contributed by atoms with Crippen molar-refractivity contribution >= 4 is 18.5 Å². The Morgan fingerprint density at radius 2 is 1.19 bits per heavy atom. The number of hydrogen-bond donors (Lipinski definition) is 0. The Kier molecular flexibility index (Phi) is 6.26. The molecule has 6 atom stereocenters. The Labute approximate surface area is 226 Å². The number of rotatable bonds is 3. The summed E-state index contributed by atoms with van der Waals surface area (Å²) in [4.78, 5) is 0. The molecule has 4 heterocycles. The van der Waals surface area contributed by atoms with Gasteiger partial charge in [0.2, 0.25) is 0 Å². The molecule has 5 rings (SSSR count). The highest BCUT2D eigenvalue weighted by Gasteiger charge is 2.78. The van der Waals surface area contributed by atoms with Gasteiger partial charge in [0, 0.05) is 18.0 Å². The van der Waals surface area contributed by atoms with Crippen molar-refractivity contribution in [3.05, 3.63) is 34.9 Å². The molecule has 6 unspecified atom stereocenters. The second-order valence-corrected chi connectivity index (χ2v) is 17.1. The van der Waals surface area contributed by atoms with Gasteiger partial charge in [-0.05, 0) is 66.8 Å². The summed E-state index contributed by atoms with van der Waals surface area (Å²) in [6, 6.07) is 7.29. The van der Waals surface area contributed by atoms with E-state index in [-0.39, 0.29) is 26.8 Å². The monoisotopic (exact) mass is 534 g/mol. The van der Waals surface area contributed by atoms with Crippen LogP contribution in [0.5, 0.6) is 0 Å². The Morgan fingerprint density at radius 1 is 0.750 bits per heavy atom. The zero-order valence-corrected chi connectivity index (χ0v) is 27.5. The minimum atomic E-state index is -0.643. The third-order valence-corrected chi connectivity index (χ3v) is 12.5. The summed E-state index contributed by atoms with van der Waals surface area (Å²) in [5.74, 6) is -1.29. The maximum absolute atomic E-state index is 7.00. The van der Waals surface area contributed by atoms with E-state index in [1.807, 2.05) is 0 Å². The molecule has 36 heavy (non-hydrogen) atoms. The van der Waals surface area contributed by atoms with Crippen LogP contribution in [-0.2, 0) is 30.2 Å². The molecule has 5 heteroatoms. The maximum atomic E-state index is 7.00. The summed E-state index contributed by atoms with van der Waals surface area (Å²) >= 11 is 0. The number of hydrogen-bond acceptors (Lipinski definition) is 3. The van der Waals surface area contributed by atoms with Gasteiger partial charge >= 0.3 is 0 Å². The predicted octanol–water partition coefficient (Wildman–Crippen LogP) is 8.08. The zero-order valence-electron chi connectivity index (χ0n) is 25.2. The van der Waals surface area contributed by atoms with E-state index in [9.17, 15) is 0 Å². The molecule has 0 spiro atoms. The first-order valence-electron chi connectivity index (χ1n) is 13.7. The molecule has 1 aromatic rings. The number of benzene rings is 1. The molecule has 0 saturated carbocycles. The fourth-order valence-electron chi connectivity index (χ4n) is 8.68. The molecule has 0 amide bonds. The summed E-state index contributed by atoms with van der Waals surface area (Å²) < 4.78 is 20.4. The third-order valence-electron chi connectivity index (χ3n) is 9.88. The van der Waals surface area contributed by atoms with E-state index in [1.54, 1.807) is 0 Å². The van der Waals surface area contributed by atoms with Crippen molar-refractivity contribution in [2.45, 2.75) is 142 Å². The first-order chi connectivity index (χ1) is 15.9. The van der Waals surface area contributed by atoms with E-state index in [2.05, 4.69) is 127 Å². The Hall–Kier alpha value is -0.0400. The van der Waals surface area contributed by atoms with Crippen molar-refractivity contribution in [2.24, 2.45) is 10.8 Å². The molecular formula is C31H52O3P2. The van der Waals surface area contributed by atoms with Crippen LogP contribution in [0.15, 0.2) is 18.2 Å². The van der Waals surface area contributed by atoms with Crippen molar-refractivity contribution in [1.82, 2.24) is 0 Å². The van der Waals surface area contributed by atoms with E-state index in [4.69, 9.17) is 14.2 Å². The van der Waals surface area contributed by atoms with Crippen LogP contribution in [0.2, 0.25) is 0 Å². The zero-order chi connectivity index (χ0) is 27.6. The van der Waals surface area contributed by atoms with Crippen molar-refractivity contribution in [2.75, 3.05) is 6.16 Å². The second-order valence-electron chi connectivity index (χ2n) is 15.8. The highest BCUT2D eigenvalue weighted by Crippen LogP contribution is 2.70. The topological polar surface area (TPSA) is 27.7 Å².